The fourth-order valence-electron chi connectivity index (χ4n) is 4.42. The first-order valence-corrected chi connectivity index (χ1v) is 14.6. The summed E-state index contributed by atoms with van der Waals surface area (Å²) in [5.41, 5.74) is 4.49. The molecule has 1 N–H and O–H groups in total. The van der Waals surface area contributed by atoms with Crippen molar-refractivity contribution in [2.24, 2.45) is 0 Å². The van der Waals surface area contributed by atoms with E-state index in [9.17, 15) is 14.9 Å². The Kier molecular flexibility index (Phi) is 8.91. The lowest BCUT2D eigenvalue weighted by Gasteiger charge is -2.20. The Morgan fingerprint density at radius 3 is 2.34 bits per heavy atom. The van der Waals surface area contributed by atoms with Crippen LogP contribution in [0.5, 0.6) is 0 Å². The van der Waals surface area contributed by atoms with Crippen LogP contribution < -0.4 is 5.32 Å². The Morgan fingerprint density at radius 1 is 0.951 bits per heavy atom. The van der Waals surface area contributed by atoms with E-state index in [-0.39, 0.29) is 11.6 Å². The largest absolute Gasteiger partial charge is 0.342 e. The van der Waals surface area contributed by atoms with Crippen LogP contribution in [0.15, 0.2) is 113 Å². The summed E-state index contributed by atoms with van der Waals surface area (Å²) in [5, 5.41) is 24.2. The number of aromatic nitrogens is 3. The van der Waals surface area contributed by atoms with Gasteiger partial charge in [0.05, 0.1) is 11.0 Å². The van der Waals surface area contributed by atoms with Crippen LogP contribution in [-0.2, 0) is 12.2 Å². The first kappa shape index (κ1) is 28.3. The van der Waals surface area contributed by atoms with Gasteiger partial charge in [0.1, 0.15) is 0 Å². The summed E-state index contributed by atoms with van der Waals surface area (Å²) in [7, 11) is 0. The molecule has 4 aromatic carbocycles. The van der Waals surface area contributed by atoms with E-state index in [0.717, 1.165) is 15.6 Å². The van der Waals surface area contributed by atoms with Gasteiger partial charge in [0.25, 0.3) is 11.6 Å². The SMILES string of the molecule is Cc1cccc(CSc2nnc(C(Cc3ccccc3)NC(=O)c3ccc(Br)cc3)n2-c2ccc([N+](=O)[O-])cc2)c1. The smallest absolute Gasteiger partial charge is 0.269 e. The number of halogens is 1. The van der Waals surface area contributed by atoms with E-state index in [2.05, 4.69) is 43.6 Å². The van der Waals surface area contributed by atoms with E-state index < -0.39 is 11.0 Å². The molecule has 0 bridgehead atoms. The van der Waals surface area contributed by atoms with E-state index in [0.29, 0.717) is 34.4 Å². The molecule has 1 amide bonds. The third-order valence-electron chi connectivity index (χ3n) is 6.43. The van der Waals surface area contributed by atoms with Crippen molar-refractivity contribution in [3.05, 3.63) is 146 Å². The topological polar surface area (TPSA) is 103 Å². The van der Waals surface area contributed by atoms with Crippen LogP contribution in [0.25, 0.3) is 5.69 Å². The number of carbonyl (C=O) groups is 1. The monoisotopic (exact) mass is 627 g/mol. The number of benzene rings is 4. The minimum Gasteiger partial charge on any atom is -0.342 e. The highest BCUT2D eigenvalue weighted by Gasteiger charge is 2.26. The molecule has 1 heterocycles. The van der Waals surface area contributed by atoms with Gasteiger partial charge in [-0.25, -0.2) is 0 Å². The number of thioether (sulfide) groups is 1. The lowest BCUT2D eigenvalue weighted by molar-refractivity contribution is -0.384. The second-order valence-corrected chi connectivity index (χ2v) is 11.3. The van der Waals surface area contributed by atoms with Crippen LogP contribution in [0.3, 0.4) is 0 Å². The van der Waals surface area contributed by atoms with Crippen molar-refractivity contribution in [1.82, 2.24) is 20.1 Å². The van der Waals surface area contributed by atoms with E-state index >= 15 is 0 Å². The molecular formula is C31H26BrN5O3S. The maximum absolute atomic E-state index is 13.4. The second kappa shape index (κ2) is 12.9. The summed E-state index contributed by atoms with van der Waals surface area (Å²) in [6.07, 6.45) is 0.469. The van der Waals surface area contributed by atoms with Crippen molar-refractivity contribution >= 4 is 39.3 Å². The van der Waals surface area contributed by atoms with Crippen LogP contribution in [0.4, 0.5) is 5.69 Å². The first-order chi connectivity index (χ1) is 19.9. The van der Waals surface area contributed by atoms with Crippen molar-refractivity contribution in [3.63, 3.8) is 0 Å². The molecule has 8 nitrogen and oxygen atoms in total. The Hall–Kier alpha value is -4.28. The van der Waals surface area contributed by atoms with Gasteiger partial charge >= 0.3 is 0 Å². The minimum absolute atomic E-state index is 0.0123. The zero-order valence-corrected chi connectivity index (χ0v) is 24.5. The molecule has 5 rings (SSSR count). The standard InChI is InChI=1S/C31H26BrN5O3S/c1-21-6-5-9-23(18-21)20-41-31-35-34-29(36(31)26-14-16-27(17-15-26)37(39)40)28(19-22-7-3-2-4-8-22)33-30(38)24-10-12-25(32)13-11-24/h2-18,28H,19-20H2,1H3,(H,33,38). The zero-order valence-electron chi connectivity index (χ0n) is 22.1. The molecule has 41 heavy (non-hydrogen) atoms. The Balaban J connectivity index is 1.55. The molecule has 0 aliphatic carbocycles. The molecule has 1 atom stereocenters. The Bertz CT molecular complexity index is 1660. The Morgan fingerprint density at radius 2 is 1.66 bits per heavy atom. The molecule has 1 unspecified atom stereocenters. The van der Waals surface area contributed by atoms with Crippen molar-refractivity contribution in [2.45, 2.75) is 30.3 Å². The van der Waals surface area contributed by atoms with Gasteiger partial charge in [-0.1, -0.05) is 87.9 Å². The van der Waals surface area contributed by atoms with E-state index in [1.807, 2.05) is 66.1 Å². The van der Waals surface area contributed by atoms with Gasteiger partial charge in [0.15, 0.2) is 11.0 Å². The van der Waals surface area contributed by atoms with Crippen LogP contribution in [0.1, 0.15) is 38.9 Å². The van der Waals surface area contributed by atoms with Gasteiger partial charge in [-0.15, -0.1) is 10.2 Å². The summed E-state index contributed by atoms with van der Waals surface area (Å²) in [6, 6.07) is 31.0. The van der Waals surface area contributed by atoms with Gasteiger partial charge in [-0.2, -0.15) is 0 Å². The van der Waals surface area contributed by atoms with Crippen LogP contribution in [0, 0.1) is 17.0 Å². The number of hydrogen-bond acceptors (Lipinski definition) is 6. The molecule has 0 saturated heterocycles. The molecular weight excluding hydrogens is 602 g/mol. The number of hydrogen-bond donors (Lipinski definition) is 1. The van der Waals surface area contributed by atoms with E-state index in [4.69, 9.17) is 0 Å². The van der Waals surface area contributed by atoms with Gasteiger partial charge in [0.2, 0.25) is 0 Å². The highest BCUT2D eigenvalue weighted by molar-refractivity contribution is 9.10. The molecule has 0 spiro atoms. The highest BCUT2D eigenvalue weighted by Crippen LogP contribution is 2.30. The normalized spacial score (nSPS) is 11.7. The summed E-state index contributed by atoms with van der Waals surface area (Å²) in [4.78, 5) is 24.3. The van der Waals surface area contributed by atoms with Crippen molar-refractivity contribution in [3.8, 4) is 5.69 Å². The van der Waals surface area contributed by atoms with Gasteiger partial charge in [0, 0.05) is 33.6 Å². The molecule has 1 aromatic heterocycles. The lowest BCUT2D eigenvalue weighted by Crippen LogP contribution is -2.32. The molecule has 0 saturated carbocycles. The van der Waals surface area contributed by atoms with Gasteiger partial charge in [-0.05, 0) is 60.9 Å². The number of nitro groups is 1. The molecule has 10 heteroatoms. The number of aryl methyl sites for hydroxylation is 1. The molecule has 0 fully saturated rings. The number of amides is 1. The second-order valence-electron chi connectivity index (χ2n) is 9.45. The maximum Gasteiger partial charge on any atom is 0.269 e. The third-order valence-corrected chi connectivity index (χ3v) is 7.96. The molecule has 5 aromatic rings. The summed E-state index contributed by atoms with van der Waals surface area (Å²) < 4.78 is 2.75. The average molecular weight is 629 g/mol. The van der Waals surface area contributed by atoms with Crippen molar-refractivity contribution in [1.29, 1.82) is 0 Å². The summed E-state index contributed by atoms with van der Waals surface area (Å²) in [6.45, 7) is 2.05. The fourth-order valence-corrected chi connectivity index (χ4v) is 5.58. The summed E-state index contributed by atoms with van der Waals surface area (Å²) >= 11 is 4.93. The van der Waals surface area contributed by atoms with E-state index in [1.54, 1.807) is 24.3 Å². The number of nitrogens with one attached hydrogen (secondary N) is 1. The first-order valence-electron chi connectivity index (χ1n) is 12.9. The molecule has 0 aliphatic rings. The highest BCUT2D eigenvalue weighted by atomic mass is 79.9. The number of nitro benzene ring substituents is 1. The molecule has 0 radical (unpaired) electrons. The number of nitrogens with zero attached hydrogens (tertiary/aromatic N) is 4. The van der Waals surface area contributed by atoms with Gasteiger partial charge in [-0.3, -0.25) is 19.5 Å². The maximum atomic E-state index is 13.4. The van der Waals surface area contributed by atoms with Crippen molar-refractivity contribution < 1.29 is 9.72 Å². The number of rotatable bonds is 10. The zero-order chi connectivity index (χ0) is 28.8. The predicted octanol–water partition coefficient (Wildman–Crippen LogP) is 7.25. The summed E-state index contributed by atoms with van der Waals surface area (Å²) in [5.74, 6) is 0.937. The van der Waals surface area contributed by atoms with Crippen LogP contribution >= 0.6 is 27.7 Å². The molecule has 206 valence electrons. The van der Waals surface area contributed by atoms with Crippen molar-refractivity contribution in [2.75, 3.05) is 0 Å². The minimum atomic E-state index is -0.537. The van der Waals surface area contributed by atoms with Crippen LogP contribution in [0.2, 0.25) is 0 Å². The number of carbonyl (C=O) groups excluding carboxylic acids is 1. The van der Waals surface area contributed by atoms with Gasteiger partial charge < -0.3 is 5.32 Å². The quantitative estimate of drug-likeness (QED) is 0.0993. The molecule has 0 aliphatic heterocycles. The lowest BCUT2D eigenvalue weighted by atomic mass is 10.0. The Labute approximate surface area is 250 Å². The van der Waals surface area contributed by atoms with Crippen LogP contribution in [-0.4, -0.2) is 25.6 Å². The predicted molar refractivity (Wildman–Crippen MR) is 163 cm³/mol. The van der Waals surface area contributed by atoms with E-state index in [1.165, 1.54) is 29.5 Å². The third kappa shape index (κ3) is 7.08. The fraction of sp³-hybridized carbons (Fsp3) is 0.129. The average Bonchev–Trinajstić information content (AvgIpc) is 3.40. The number of non-ortho nitro benzene ring substituents is 1.